The summed E-state index contributed by atoms with van der Waals surface area (Å²) in [5, 5.41) is 13.0. The van der Waals surface area contributed by atoms with E-state index >= 15 is 0 Å². The summed E-state index contributed by atoms with van der Waals surface area (Å²) in [7, 11) is 0. The zero-order valence-corrected chi connectivity index (χ0v) is 10.2. The number of rotatable bonds is 3. The lowest BCUT2D eigenvalue weighted by Gasteiger charge is -2.18. The van der Waals surface area contributed by atoms with Crippen molar-refractivity contribution < 1.29 is 14.4 Å². The van der Waals surface area contributed by atoms with Crippen molar-refractivity contribution in [1.29, 1.82) is 0 Å². The minimum Gasteiger partial charge on any atom is -0.480 e. The molecule has 0 aliphatic carbocycles. The lowest BCUT2D eigenvalue weighted by molar-refractivity contribution is -0.138. The number of carbonyl (C=O) groups is 1. The minimum absolute atomic E-state index is 0.351. The van der Waals surface area contributed by atoms with Crippen LogP contribution in [0.3, 0.4) is 0 Å². The van der Waals surface area contributed by atoms with E-state index in [0.717, 1.165) is 12.0 Å². The average Bonchev–Trinajstić information content (AvgIpc) is 3.08. The molecule has 19 heavy (non-hydrogen) atoms. The van der Waals surface area contributed by atoms with E-state index in [1.807, 2.05) is 30.3 Å². The Bertz CT molecular complexity index is 582. The molecule has 0 radical (unpaired) electrons. The predicted molar refractivity (Wildman–Crippen MR) is 67.7 cm³/mol. The van der Waals surface area contributed by atoms with Crippen LogP contribution in [0.15, 0.2) is 34.9 Å². The molecule has 2 heterocycles. The molecule has 98 valence electrons. The zero-order valence-electron chi connectivity index (χ0n) is 10.2. The van der Waals surface area contributed by atoms with Crippen LogP contribution in [0.2, 0.25) is 0 Å². The third-order valence-electron chi connectivity index (χ3n) is 3.23. The molecule has 1 aromatic carbocycles. The first kappa shape index (κ1) is 11.7. The molecule has 0 amide bonds. The third kappa shape index (κ3) is 2.16. The molecule has 0 spiro atoms. The number of hydrogen-bond donors (Lipinski definition) is 1. The Morgan fingerprint density at radius 1 is 1.37 bits per heavy atom. The summed E-state index contributed by atoms with van der Waals surface area (Å²) in [4.78, 5) is 17.1. The number of anilines is 1. The van der Waals surface area contributed by atoms with E-state index < -0.39 is 12.0 Å². The molecule has 1 fully saturated rings. The number of carboxylic acid groups (broad SMARTS) is 1. The zero-order chi connectivity index (χ0) is 13.2. The van der Waals surface area contributed by atoms with Crippen LogP contribution in [0.5, 0.6) is 0 Å². The molecular weight excluding hydrogens is 246 g/mol. The first-order chi connectivity index (χ1) is 9.25. The van der Waals surface area contributed by atoms with Crippen LogP contribution in [-0.4, -0.2) is 33.8 Å². The van der Waals surface area contributed by atoms with Gasteiger partial charge in [0.25, 0.3) is 11.8 Å². The highest BCUT2D eigenvalue weighted by molar-refractivity contribution is 5.78. The summed E-state index contributed by atoms with van der Waals surface area (Å²) in [6.07, 6.45) is 1.44. The Balaban J connectivity index is 1.87. The van der Waals surface area contributed by atoms with Gasteiger partial charge < -0.3 is 14.5 Å². The van der Waals surface area contributed by atoms with Crippen LogP contribution in [-0.2, 0) is 4.79 Å². The van der Waals surface area contributed by atoms with Crippen LogP contribution >= 0.6 is 0 Å². The molecule has 0 saturated carbocycles. The molecule has 1 N–H and O–H groups in total. The minimum atomic E-state index is -0.844. The Morgan fingerprint density at radius 2 is 2.16 bits per heavy atom. The largest absolute Gasteiger partial charge is 0.480 e. The van der Waals surface area contributed by atoms with Gasteiger partial charge in [0.05, 0.1) is 0 Å². The molecule has 1 aromatic heterocycles. The Labute approximate surface area is 109 Å². The summed E-state index contributed by atoms with van der Waals surface area (Å²) in [5.74, 6) is -0.0843. The number of hydrogen-bond acceptors (Lipinski definition) is 5. The molecule has 6 heteroatoms. The summed E-state index contributed by atoms with van der Waals surface area (Å²) in [6, 6.07) is 8.86. The Morgan fingerprint density at radius 3 is 2.89 bits per heavy atom. The lowest BCUT2D eigenvalue weighted by Crippen LogP contribution is -2.36. The lowest BCUT2D eigenvalue weighted by atomic mass is 10.2. The second-order valence-electron chi connectivity index (χ2n) is 4.46. The molecule has 1 aliphatic rings. The van der Waals surface area contributed by atoms with Crippen LogP contribution in [0.1, 0.15) is 12.8 Å². The van der Waals surface area contributed by atoms with E-state index in [-0.39, 0.29) is 0 Å². The topological polar surface area (TPSA) is 79.5 Å². The third-order valence-corrected chi connectivity index (χ3v) is 3.23. The molecule has 3 rings (SSSR count). The molecule has 1 atom stereocenters. The fourth-order valence-corrected chi connectivity index (χ4v) is 2.29. The van der Waals surface area contributed by atoms with Crippen LogP contribution in [0.25, 0.3) is 11.5 Å². The first-order valence-corrected chi connectivity index (χ1v) is 6.14. The number of aromatic nitrogens is 2. The summed E-state index contributed by atoms with van der Waals surface area (Å²) >= 11 is 0. The van der Waals surface area contributed by atoms with Crippen molar-refractivity contribution in [3.63, 3.8) is 0 Å². The van der Waals surface area contributed by atoms with Gasteiger partial charge in [-0.15, -0.1) is 0 Å². The molecule has 2 aromatic rings. The molecule has 6 nitrogen and oxygen atoms in total. The fraction of sp³-hybridized carbons (Fsp3) is 0.308. The molecular formula is C13H13N3O3. The fourth-order valence-electron chi connectivity index (χ4n) is 2.29. The highest BCUT2D eigenvalue weighted by atomic mass is 16.5. The number of nitrogens with zero attached hydrogens (tertiary/aromatic N) is 3. The summed E-state index contributed by atoms with van der Waals surface area (Å²) in [6.45, 7) is 0.644. The van der Waals surface area contributed by atoms with E-state index in [0.29, 0.717) is 24.8 Å². The maximum absolute atomic E-state index is 11.1. The van der Waals surface area contributed by atoms with E-state index in [1.165, 1.54) is 0 Å². The van der Waals surface area contributed by atoms with Crippen molar-refractivity contribution in [3.8, 4) is 11.5 Å². The number of benzene rings is 1. The van der Waals surface area contributed by atoms with Crippen molar-refractivity contribution in [3.05, 3.63) is 30.3 Å². The highest BCUT2D eigenvalue weighted by Gasteiger charge is 2.33. The molecule has 1 aliphatic heterocycles. The van der Waals surface area contributed by atoms with Crippen molar-refractivity contribution in [2.75, 3.05) is 11.4 Å². The van der Waals surface area contributed by atoms with Gasteiger partial charge >= 0.3 is 5.97 Å². The van der Waals surface area contributed by atoms with Gasteiger partial charge in [-0.2, -0.15) is 4.98 Å². The van der Waals surface area contributed by atoms with Gasteiger partial charge in [0.1, 0.15) is 6.04 Å². The highest BCUT2D eigenvalue weighted by Crippen LogP contribution is 2.25. The van der Waals surface area contributed by atoms with Gasteiger partial charge in [0.2, 0.25) is 0 Å². The van der Waals surface area contributed by atoms with Crippen molar-refractivity contribution in [2.24, 2.45) is 0 Å². The van der Waals surface area contributed by atoms with E-state index in [1.54, 1.807) is 4.90 Å². The van der Waals surface area contributed by atoms with Gasteiger partial charge in [0, 0.05) is 12.1 Å². The van der Waals surface area contributed by atoms with Crippen LogP contribution < -0.4 is 4.90 Å². The normalized spacial score (nSPS) is 18.7. The Kier molecular flexibility index (Phi) is 2.91. The number of carboxylic acids is 1. The maximum Gasteiger partial charge on any atom is 0.326 e. The standard InChI is InChI=1S/C13H13N3O3/c17-12(18)10-7-4-8-16(10)13-14-11(19-15-13)9-5-2-1-3-6-9/h1-3,5-6,10H,4,7-8H2,(H,17,18)/t10-/m0/s1. The van der Waals surface area contributed by atoms with Gasteiger partial charge in [-0.3, -0.25) is 0 Å². The number of aliphatic carboxylic acids is 1. The van der Waals surface area contributed by atoms with E-state index in [9.17, 15) is 4.79 Å². The smallest absolute Gasteiger partial charge is 0.326 e. The van der Waals surface area contributed by atoms with Gasteiger partial charge in [-0.1, -0.05) is 18.2 Å². The van der Waals surface area contributed by atoms with Crippen molar-refractivity contribution in [1.82, 2.24) is 10.1 Å². The van der Waals surface area contributed by atoms with Gasteiger partial charge in [0.15, 0.2) is 0 Å². The van der Waals surface area contributed by atoms with Crippen molar-refractivity contribution >= 4 is 11.9 Å². The monoisotopic (exact) mass is 259 g/mol. The predicted octanol–water partition coefficient (Wildman–Crippen LogP) is 1.79. The first-order valence-electron chi connectivity index (χ1n) is 6.14. The summed E-state index contributed by atoms with van der Waals surface area (Å²) in [5.41, 5.74) is 0.826. The maximum atomic E-state index is 11.1. The van der Waals surface area contributed by atoms with Crippen molar-refractivity contribution in [2.45, 2.75) is 18.9 Å². The molecule has 0 unspecified atom stereocenters. The second kappa shape index (κ2) is 4.72. The van der Waals surface area contributed by atoms with Gasteiger partial charge in [-0.05, 0) is 30.1 Å². The average molecular weight is 259 g/mol. The molecule has 1 saturated heterocycles. The summed E-state index contributed by atoms with van der Waals surface area (Å²) < 4.78 is 5.20. The molecule has 0 bridgehead atoms. The van der Waals surface area contributed by atoms with E-state index in [2.05, 4.69) is 10.1 Å². The van der Waals surface area contributed by atoms with Crippen LogP contribution in [0.4, 0.5) is 5.95 Å². The van der Waals surface area contributed by atoms with Gasteiger partial charge in [-0.25, -0.2) is 4.79 Å². The quantitative estimate of drug-likeness (QED) is 0.905. The van der Waals surface area contributed by atoms with Crippen LogP contribution in [0, 0.1) is 0 Å². The SMILES string of the molecule is O=C(O)[C@@H]1CCCN1c1noc(-c2ccccc2)n1. The second-order valence-corrected chi connectivity index (χ2v) is 4.46. The van der Waals surface area contributed by atoms with E-state index in [4.69, 9.17) is 9.63 Å². The Hall–Kier alpha value is -2.37.